The Labute approximate surface area is 171 Å². The lowest BCUT2D eigenvalue weighted by Crippen LogP contribution is -2.32. The molecule has 0 radical (unpaired) electrons. The number of rotatable bonds is 5. The van der Waals surface area contributed by atoms with E-state index in [2.05, 4.69) is 10.3 Å². The first-order valence-corrected chi connectivity index (χ1v) is 10.4. The maximum absolute atomic E-state index is 12.2. The van der Waals surface area contributed by atoms with Crippen LogP contribution in [-0.2, 0) is 17.6 Å². The number of amides is 1. The van der Waals surface area contributed by atoms with Gasteiger partial charge in [-0.2, -0.15) is 0 Å². The number of hydrogen-bond donors (Lipinski definition) is 1. The van der Waals surface area contributed by atoms with Gasteiger partial charge in [-0.25, -0.2) is 9.78 Å². The third-order valence-corrected chi connectivity index (χ3v) is 5.59. The SMILES string of the molecule is CCc1cc(=O)oc2c3c(cc(OCC(=O)Nc4nccs4)c12)OC(C)(C)CC3. The van der Waals surface area contributed by atoms with Crippen molar-refractivity contribution in [3.8, 4) is 11.5 Å². The first kappa shape index (κ1) is 19.4. The lowest BCUT2D eigenvalue weighted by atomic mass is 9.92. The van der Waals surface area contributed by atoms with Gasteiger partial charge in [0, 0.05) is 29.3 Å². The highest BCUT2D eigenvalue weighted by Crippen LogP contribution is 2.42. The standard InChI is InChI=1S/C21H22N2O5S/c1-4-12-9-17(25)27-19-13-5-6-21(2,3)28-14(13)10-15(18(12)19)26-11-16(24)23-20-22-7-8-29-20/h7-10H,4-6,11H2,1-3H3,(H,22,23,24). The average Bonchev–Trinajstić information content (AvgIpc) is 3.17. The van der Waals surface area contributed by atoms with Gasteiger partial charge in [0.25, 0.3) is 5.91 Å². The molecule has 152 valence electrons. The molecule has 0 saturated heterocycles. The van der Waals surface area contributed by atoms with Crippen LogP contribution in [-0.4, -0.2) is 23.1 Å². The fourth-order valence-electron chi connectivity index (χ4n) is 3.49. The zero-order chi connectivity index (χ0) is 20.6. The van der Waals surface area contributed by atoms with Gasteiger partial charge in [0.1, 0.15) is 22.7 Å². The molecular weight excluding hydrogens is 392 g/mol. The number of nitrogens with one attached hydrogen (secondary N) is 1. The number of benzene rings is 1. The first-order valence-electron chi connectivity index (χ1n) is 9.50. The summed E-state index contributed by atoms with van der Waals surface area (Å²) in [6.45, 7) is 5.80. The Kier molecular flexibility index (Phi) is 5.04. The number of ether oxygens (including phenoxy) is 2. The predicted molar refractivity (Wildman–Crippen MR) is 111 cm³/mol. The largest absolute Gasteiger partial charge is 0.487 e. The lowest BCUT2D eigenvalue weighted by Gasteiger charge is -2.33. The number of aromatic nitrogens is 1. The second-order valence-corrected chi connectivity index (χ2v) is 8.43. The van der Waals surface area contributed by atoms with E-state index in [9.17, 15) is 9.59 Å². The molecule has 0 bridgehead atoms. The van der Waals surface area contributed by atoms with Crippen molar-refractivity contribution in [3.05, 3.63) is 45.3 Å². The molecule has 1 N–H and O–H groups in total. The Morgan fingerprint density at radius 3 is 2.93 bits per heavy atom. The van der Waals surface area contributed by atoms with Gasteiger partial charge in [-0.3, -0.25) is 10.1 Å². The Hall–Kier alpha value is -2.87. The van der Waals surface area contributed by atoms with Gasteiger partial charge in [-0.05, 0) is 38.7 Å². The number of carbonyl (C=O) groups excluding carboxylic acids is 1. The van der Waals surface area contributed by atoms with Gasteiger partial charge in [0.05, 0.1) is 5.39 Å². The van der Waals surface area contributed by atoms with Crippen molar-refractivity contribution in [3.63, 3.8) is 0 Å². The van der Waals surface area contributed by atoms with E-state index >= 15 is 0 Å². The summed E-state index contributed by atoms with van der Waals surface area (Å²) in [5, 5.41) is 5.70. The molecular formula is C21H22N2O5S. The minimum atomic E-state index is -0.403. The van der Waals surface area contributed by atoms with E-state index in [1.165, 1.54) is 17.4 Å². The van der Waals surface area contributed by atoms with Crippen molar-refractivity contribution in [2.45, 2.75) is 45.6 Å². The molecule has 0 spiro atoms. The van der Waals surface area contributed by atoms with Crippen molar-refractivity contribution in [2.75, 3.05) is 11.9 Å². The smallest absolute Gasteiger partial charge is 0.336 e. The van der Waals surface area contributed by atoms with E-state index in [4.69, 9.17) is 13.9 Å². The summed E-state index contributed by atoms with van der Waals surface area (Å²) < 4.78 is 17.6. The number of fused-ring (bicyclic) bond motifs is 3. The van der Waals surface area contributed by atoms with Gasteiger partial charge < -0.3 is 13.9 Å². The molecule has 1 aliphatic heterocycles. The molecule has 29 heavy (non-hydrogen) atoms. The van der Waals surface area contributed by atoms with Crippen LogP contribution in [0.3, 0.4) is 0 Å². The molecule has 8 heteroatoms. The summed E-state index contributed by atoms with van der Waals surface area (Å²) in [6.07, 6.45) is 3.80. The fraction of sp³-hybridized carbons (Fsp3) is 0.381. The fourth-order valence-corrected chi connectivity index (χ4v) is 4.04. The lowest BCUT2D eigenvalue weighted by molar-refractivity contribution is -0.118. The number of nitrogens with zero attached hydrogens (tertiary/aromatic N) is 1. The molecule has 3 aromatic rings. The molecule has 7 nitrogen and oxygen atoms in total. The molecule has 0 aliphatic carbocycles. The Morgan fingerprint density at radius 1 is 1.38 bits per heavy atom. The molecule has 0 atom stereocenters. The average molecular weight is 414 g/mol. The second kappa shape index (κ2) is 7.51. The molecule has 0 saturated carbocycles. The summed E-state index contributed by atoms with van der Waals surface area (Å²) in [4.78, 5) is 28.4. The molecule has 0 unspecified atom stereocenters. The summed E-state index contributed by atoms with van der Waals surface area (Å²) in [5.74, 6) is 0.773. The number of carbonyl (C=O) groups is 1. The molecule has 4 rings (SSSR count). The van der Waals surface area contributed by atoms with Crippen LogP contribution >= 0.6 is 11.3 Å². The van der Waals surface area contributed by atoms with Crippen LogP contribution in [0.4, 0.5) is 5.13 Å². The van der Waals surface area contributed by atoms with Crippen LogP contribution in [0.2, 0.25) is 0 Å². The monoisotopic (exact) mass is 414 g/mol. The van der Waals surface area contributed by atoms with E-state index in [-0.39, 0.29) is 18.1 Å². The minimum Gasteiger partial charge on any atom is -0.487 e. The highest BCUT2D eigenvalue weighted by atomic mass is 32.1. The highest BCUT2D eigenvalue weighted by molar-refractivity contribution is 7.13. The summed E-state index contributed by atoms with van der Waals surface area (Å²) in [7, 11) is 0. The van der Waals surface area contributed by atoms with E-state index in [1.807, 2.05) is 20.8 Å². The first-order chi connectivity index (χ1) is 13.9. The molecule has 1 aliphatic rings. The van der Waals surface area contributed by atoms with Crippen molar-refractivity contribution in [1.82, 2.24) is 4.98 Å². The zero-order valence-electron chi connectivity index (χ0n) is 16.5. The maximum Gasteiger partial charge on any atom is 0.336 e. The number of anilines is 1. The molecule has 1 amide bonds. The molecule has 3 heterocycles. The number of aryl methyl sites for hydroxylation is 2. The Balaban J connectivity index is 1.74. The summed E-state index contributed by atoms with van der Waals surface area (Å²) in [6, 6.07) is 3.28. The van der Waals surface area contributed by atoms with E-state index < -0.39 is 5.63 Å². The summed E-state index contributed by atoms with van der Waals surface area (Å²) >= 11 is 1.33. The highest BCUT2D eigenvalue weighted by Gasteiger charge is 2.30. The van der Waals surface area contributed by atoms with Gasteiger partial charge in [0.15, 0.2) is 11.7 Å². The third-order valence-electron chi connectivity index (χ3n) is 4.90. The Bertz CT molecular complexity index is 1120. The molecule has 1 aromatic carbocycles. The van der Waals surface area contributed by atoms with Crippen LogP contribution < -0.4 is 20.4 Å². The van der Waals surface area contributed by atoms with Crippen molar-refractivity contribution in [1.29, 1.82) is 0 Å². The van der Waals surface area contributed by atoms with Crippen LogP contribution in [0, 0.1) is 0 Å². The van der Waals surface area contributed by atoms with Crippen LogP contribution in [0.1, 0.15) is 38.3 Å². The third kappa shape index (κ3) is 3.98. The molecule has 2 aromatic heterocycles. The van der Waals surface area contributed by atoms with Crippen molar-refractivity contribution >= 4 is 33.3 Å². The quantitative estimate of drug-likeness (QED) is 0.636. The predicted octanol–water partition coefficient (Wildman–Crippen LogP) is 3.93. The van der Waals surface area contributed by atoms with Crippen LogP contribution in [0.15, 0.2) is 32.9 Å². The minimum absolute atomic E-state index is 0.195. The topological polar surface area (TPSA) is 90.7 Å². The maximum atomic E-state index is 12.2. The van der Waals surface area contributed by atoms with Gasteiger partial charge >= 0.3 is 5.63 Å². The van der Waals surface area contributed by atoms with E-state index in [0.29, 0.717) is 28.6 Å². The van der Waals surface area contributed by atoms with E-state index in [0.717, 1.165) is 29.4 Å². The van der Waals surface area contributed by atoms with Crippen molar-refractivity contribution in [2.24, 2.45) is 0 Å². The molecule has 0 fully saturated rings. The van der Waals surface area contributed by atoms with Crippen LogP contribution in [0.5, 0.6) is 11.5 Å². The van der Waals surface area contributed by atoms with Gasteiger partial charge in [-0.1, -0.05) is 6.92 Å². The Morgan fingerprint density at radius 2 is 2.21 bits per heavy atom. The zero-order valence-corrected chi connectivity index (χ0v) is 17.4. The number of hydrogen-bond acceptors (Lipinski definition) is 7. The van der Waals surface area contributed by atoms with Crippen LogP contribution in [0.25, 0.3) is 11.0 Å². The van der Waals surface area contributed by atoms with Gasteiger partial charge in [0.2, 0.25) is 0 Å². The van der Waals surface area contributed by atoms with E-state index in [1.54, 1.807) is 17.6 Å². The summed E-state index contributed by atoms with van der Waals surface area (Å²) in [5.41, 5.74) is 1.44. The normalized spacial score (nSPS) is 14.9. The van der Waals surface area contributed by atoms with Gasteiger partial charge in [-0.15, -0.1) is 11.3 Å². The van der Waals surface area contributed by atoms with Crippen molar-refractivity contribution < 1.29 is 18.7 Å². The second-order valence-electron chi connectivity index (χ2n) is 7.54. The number of thiazole rings is 1.